The molecule has 0 radical (unpaired) electrons. The Balaban J connectivity index is 1.33. The Bertz CT molecular complexity index is 2050. The number of phenolic OH excluding ortho intramolecular Hbond substituents is 1. The molecule has 4 N–H and O–H groups in total. The number of methoxy groups -OCH3 is 1. The Hall–Kier alpha value is -4.15. The van der Waals surface area contributed by atoms with Gasteiger partial charge in [0.1, 0.15) is 46.9 Å². The third kappa shape index (κ3) is 5.26. The van der Waals surface area contributed by atoms with Crippen LogP contribution in [0.1, 0.15) is 42.3 Å². The first kappa shape index (κ1) is 33.4. The molecule has 2 saturated heterocycles. The van der Waals surface area contributed by atoms with Crippen molar-refractivity contribution in [2.45, 2.75) is 95.5 Å². The molecule has 4 aromatic rings. The van der Waals surface area contributed by atoms with Crippen LogP contribution in [0.5, 0.6) is 11.5 Å². The Labute approximate surface area is 278 Å². The van der Waals surface area contributed by atoms with Crippen molar-refractivity contribution in [3.05, 3.63) is 57.4 Å². The van der Waals surface area contributed by atoms with E-state index in [1.165, 1.54) is 21.0 Å². The molecular weight excluding hydrogens is 644 g/mol. The van der Waals surface area contributed by atoms with E-state index in [-0.39, 0.29) is 40.1 Å². The summed E-state index contributed by atoms with van der Waals surface area (Å²) in [6.45, 7) is 6.12. The fraction of sp³-hybridized carbons (Fsp3) is 0.457. The average molecular weight is 681 g/mol. The second-order valence-electron chi connectivity index (χ2n) is 12.8. The third-order valence-electron chi connectivity index (χ3n) is 9.66. The SMILES string of the molecule is COC1C(O)C(OC2C(Oc3cccc4c(O)c5c(=O)oc6ccc(C)c7c6c5c(c34)CC7=O)OC(C)C(O)C2O)OC(C)C1OC(C)=O. The summed E-state index contributed by atoms with van der Waals surface area (Å²) in [5, 5.41) is 45.9. The number of rotatable bonds is 6. The van der Waals surface area contributed by atoms with Gasteiger partial charge in [-0.05, 0) is 44.0 Å². The second kappa shape index (κ2) is 12.3. The Kier molecular flexibility index (Phi) is 8.38. The molecule has 2 fully saturated rings. The van der Waals surface area contributed by atoms with E-state index >= 15 is 0 Å². The van der Waals surface area contributed by atoms with Crippen LogP contribution in [-0.2, 0) is 34.9 Å². The summed E-state index contributed by atoms with van der Waals surface area (Å²) in [7, 11) is 1.32. The zero-order valence-corrected chi connectivity index (χ0v) is 27.2. The standard InChI is InChI=1S/C35H36O14/c1-12-9-10-20-24-21(12)18(37)11-17-22-16(27(39)25(23(17)24)33(42)47-20)7-6-8-19(22)48-35-32(28(40)26(38)13(2)44-35)49-34-29(41)31(43-5)30(14(3)45-34)46-15(4)36/h6-10,13-14,26,28-32,34-35,38-41H,11H2,1-5H3. The maximum absolute atomic E-state index is 13.6. The zero-order valence-electron chi connectivity index (χ0n) is 27.2. The number of hydrogen-bond acceptors (Lipinski definition) is 14. The van der Waals surface area contributed by atoms with Crippen LogP contribution in [0, 0.1) is 6.92 Å². The van der Waals surface area contributed by atoms with E-state index in [4.69, 9.17) is 32.8 Å². The van der Waals surface area contributed by atoms with Gasteiger partial charge in [0.2, 0.25) is 6.29 Å². The highest BCUT2D eigenvalue weighted by molar-refractivity contribution is 6.27. The number of carbonyl (C=O) groups is 2. The summed E-state index contributed by atoms with van der Waals surface area (Å²) in [6, 6.07) is 8.02. The van der Waals surface area contributed by atoms with Crippen molar-refractivity contribution in [1.29, 1.82) is 0 Å². The van der Waals surface area contributed by atoms with Crippen molar-refractivity contribution in [3.63, 3.8) is 0 Å². The summed E-state index contributed by atoms with van der Waals surface area (Å²) in [4.78, 5) is 38.6. The van der Waals surface area contributed by atoms with Crippen LogP contribution in [-0.4, -0.2) is 101 Å². The molecule has 7 rings (SSSR count). The summed E-state index contributed by atoms with van der Waals surface area (Å²) in [5.41, 5.74) is 0.956. The third-order valence-corrected chi connectivity index (χ3v) is 9.66. The summed E-state index contributed by atoms with van der Waals surface area (Å²) < 4.78 is 40.6. The first-order valence-electron chi connectivity index (χ1n) is 15.9. The summed E-state index contributed by atoms with van der Waals surface area (Å²) >= 11 is 0. The molecule has 0 saturated carbocycles. The number of carbonyl (C=O) groups excluding carboxylic acids is 2. The predicted molar refractivity (Wildman–Crippen MR) is 170 cm³/mol. The largest absolute Gasteiger partial charge is 0.506 e. The number of hydrogen-bond donors (Lipinski definition) is 4. The van der Waals surface area contributed by atoms with E-state index in [1.54, 1.807) is 44.2 Å². The highest BCUT2D eigenvalue weighted by Gasteiger charge is 2.52. The van der Waals surface area contributed by atoms with Crippen LogP contribution in [0.25, 0.3) is 32.5 Å². The molecule has 0 spiro atoms. The second-order valence-corrected chi connectivity index (χ2v) is 12.8. The van der Waals surface area contributed by atoms with Gasteiger partial charge in [0.25, 0.3) is 0 Å². The Morgan fingerprint density at radius 1 is 0.857 bits per heavy atom. The molecule has 1 aliphatic carbocycles. The van der Waals surface area contributed by atoms with Crippen LogP contribution in [0.2, 0.25) is 0 Å². The molecule has 14 nitrogen and oxygen atoms in total. The van der Waals surface area contributed by atoms with Crippen LogP contribution in [0.15, 0.2) is 39.5 Å². The lowest BCUT2D eigenvalue weighted by molar-refractivity contribution is -0.353. The number of aliphatic hydroxyl groups is 3. The molecule has 0 bridgehead atoms. The first-order valence-corrected chi connectivity index (χ1v) is 15.9. The molecule has 14 heteroatoms. The van der Waals surface area contributed by atoms with Gasteiger partial charge in [-0.3, -0.25) is 9.59 Å². The fourth-order valence-corrected chi connectivity index (χ4v) is 7.35. The number of benzene rings is 3. The van der Waals surface area contributed by atoms with Gasteiger partial charge in [-0.15, -0.1) is 0 Å². The number of phenols is 1. The zero-order chi connectivity index (χ0) is 35.0. The van der Waals surface area contributed by atoms with Gasteiger partial charge in [-0.1, -0.05) is 18.2 Å². The van der Waals surface area contributed by atoms with Crippen molar-refractivity contribution >= 4 is 44.3 Å². The molecule has 3 aliphatic rings. The number of ether oxygens (including phenoxy) is 6. The number of fused-ring (bicyclic) bond motifs is 2. The van der Waals surface area contributed by atoms with Crippen molar-refractivity contribution in [1.82, 2.24) is 0 Å². The van der Waals surface area contributed by atoms with E-state index in [2.05, 4.69) is 0 Å². The van der Waals surface area contributed by atoms with Gasteiger partial charge >= 0.3 is 11.6 Å². The number of aliphatic hydroxyl groups excluding tert-OH is 3. The van der Waals surface area contributed by atoms with E-state index in [0.29, 0.717) is 32.8 Å². The highest BCUT2D eigenvalue weighted by Crippen LogP contribution is 2.47. The lowest BCUT2D eigenvalue weighted by atomic mass is 9.82. The molecule has 10 atom stereocenters. The molecule has 1 aromatic heterocycles. The molecular formula is C35H36O14. The smallest absolute Gasteiger partial charge is 0.348 e. The van der Waals surface area contributed by atoms with Crippen LogP contribution in [0.3, 0.4) is 0 Å². The molecule has 10 unspecified atom stereocenters. The quantitative estimate of drug-likeness (QED) is 0.0999. The van der Waals surface area contributed by atoms with Gasteiger partial charge in [0, 0.05) is 47.6 Å². The normalized spacial score (nSPS) is 31.5. The predicted octanol–water partition coefficient (Wildman–Crippen LogP) is 2.14. The monoisotopic (exact) mass is 680 g/mol. The number of ketones is 1. The van der Waals surface area contributed by atoms with E-state index in [0.717, 1.165) is 0 Å². The van der Waals surface area contributed by atoms with Crippen LogP contribution < -0.4 is 10.4 Å². The van der Waals surface area contributed by atoms with Gasteiger partial charge in [0.15, 0.2) is 24.3 Å². The van der Waals surface area contributed by atoms with Gasteiger partial charge < -0.3 is 53.3 Å². The summed E-state index contributed by atoms with van der Waals surface area (Å²) in [6.07, 6.45) is -12.8. The van der Waals surface area contributed by atoms with Crippen LogP contribution in [0.4, 0.5) is 0 Å². The van der Waals surface area contributed by atoms with Gasteiger partial charge in [-0.25, -0.2) is 4.79 Å². The number of aryl methyl sites for hydroxylation is 1. The molecule has 0 amide bonds. The number of aromatic hydroxyl groups is 1. The van der Waals surface area contributed by atoms with E-state index in [1.807, 2.05) is 0 Å². The van der Waals surface area contributed by atoms with Crippen LogP contribution >= 0.6 is 0 Å². The fourth-order valence-electron chi connectivity index (χ4n) is 7.35. The van der Waals surface area contributed by atoms with Crippen molar-refractivity contribution in [3.8, 4) is 11.5 Å². The van der Waals surface area contributed by atoms with Gasteiger partial charge in [-0.2, -0.15) is 0 Å². The number of Topliss-reactive ketones (excluding diaryl/α,β-unsaturated/α-hetero) is 1. The Morgan fingerprint density at radius 3 is 2.31 bits per heavy atom. The van der Waals surface area contributed by atoms with Crippen molar-refractivity contribution < 1.29 is 62.9 Å². The summed E-state index contributed by atoms with van der Waals surface area (Å²) in [5.74, 6) is -1.07. The van der Waals surface area contributed by atoms with Gasteiger partial charge in [0.05, 0.1) is 12.2 Å². The van der Waals surface area contributed by atoms with Crippen molar-refractivity contribution in [2.75, 3.05) is 7.11 Å². The topological polar surface area (TPSA) is 201 Å². The molecule has 3 heterocycles. The molecule has 260 valence electrons. The maximum Gasteiger partial charge on any atom is 0.348 e. The van der Waals surface area contributed by atoms with E-state index < -0.39 is 73.0 Å². The minimum atomic E-state index is -1.60. The molecule has 49 heavy (non-hydrogen) atoms. The Morgan fingerprint density at radius 2 is 1.59 bits per heavy atom. The van der Waals surface area contributed by atoms with E-state index in [9.17, 15) is 34.8 Å². The highest BCUT2D eigenvalue weighted by atomic mass is 16.8. The lowest BCUT2D eigenvalue weighted by Gasteiger charge is -2.46. The first-order chi connectivity index (χ1) is 23.3. The lowest BCUT2D eigenvalue weighted by Crippen LogP contribution is -2.64. The maximum atomic E-state index is 13.6. The molecule has 2 aliphatic heterocycles. The number of esters is 1. The minimum Gasteiger partial charge on any atom is -0.506 e. The minimum absolute atomic E-state index is 0.0638. The van der Waals surface area contributed by atoms with Crippen molar-refractivity contribution in [2.24, 2.45) is 0 Å². The average Bonchev–Trinajstić information content (AvgIpc) is 3.05. The molecule has 3 aromatic carbocycles.